The maximum absolute atomic E-state index is 11.1. The number of nitrogens with zero attached hydrogens (tertiary/aromatic N) is 1. The van der Waals surface area contributed by atoms with Gasteiger partial charge in [0.15, 0.2) is 0 Å². The number of rotatable bonds is 0. The van der Waals surface area contributed by atoms with Crippen LogP contribution in [-0.2, 0) is 9.53 Å². The molecule has 70 valence electrons. The Kier molecular flexibility index (Phi) is 1.48. The highest BCUT2D eigenvalue weighted by molar-refractivity contribution is 5.73. The molecule has 2 aliphatic rings. The number of hydrogen-bond donors (Lipinski definition) is 0. The molecule has 0 aromatic rings. The Morgan fingerprint density at radius 2 is 2.23 bits per heavy atom. The molecule has 13 heavy (non-hydrogen) atoms. The van der Waals surface area contributed by atoms with Crippen molar-refractivity contribution in [2.45, 2.75) is 38.7 Å². The molecule has 2 rings (SSSR count). The van der Waals surface area contributed by atoms with Gasteiger partial charge in [-0.05, 0) is 26.7 Å². The number of carbonyl (C=O) groups is 1. The fraction of sp³-hybridized carbons (Fsp3) is 0.800. The number of esters is 1. The molecule has 2 fully saturated rings. The minimum atomic E-state index is -0.360. The zero-order valence-corrected chi connectivity index (χ0v) is 7.96. The Labute approximate surface area is 77.7 Å². The van der Waals surface area contributed by atoms with Crippen molar-refractivity contribution in [2.75, 3.05) is 0 Å². The standard InChI is InChI=1S/C10H13NO2/c1-9(6-11)3-4-10(2)7(9)5-8(12)13-10/h7H,3-5H2,1-2H3/t7-,9-,10+/m0/s1. The molecular formula is C10H13NO2. The van der Waals surface area contributed by atoms with E-state index >= 15 is 0 Å². The summed E-state index contributed by atoms with van der Waals surface area (Å²) in [5.41, 5.74) is -0.720. The third-order valence-corrected chi connectivity index (χ3v) is 3.62. The molecule has 1 aliphatic carbocycles. The van der Waals surface area contributed by atoms with E-state index in [0.717, 1.165) is 12.8 Å². The van der Waals surface area contributed by atoms with Gasteiger partial charge >= 0.3 is 5.97 Å². The Hall–Kier alpha value is -1.04. The summed E-state index contributed by atoms with van der Waals surface area (Å²) < 4.78 is 5.28. The molecule has 1 saturated carbocycles. The van der Waals surface area contributed by atoms with Crippen molar-refractivity contribution in [3.8, 4) is 6.07 Å². The molecule has 1 aliphatic heterocycles. The quantitative estimate of drug-likeness (QED) is 0.531. The summed E-state index contributed by atoms with van der Waals surface area (Å²) >= 11 is 0. The molecule has 3 nitrogen and oxygen atoms in total. The minimum Gasteiger partial charge on any atom is -0.459 e. The summed E-state index contributed by atoms with van der Waals surface area (Å²) in [6.45, 7) is 3.88. The number of nitriles is 1. The van der Waals surface area contributed by atoms with Gasteiger partial charge in [0.05, 0.1) is 17.9 Å². The SMILES string of the molecule is C[C@@]12CC[C@@](C)(C#N)[C@@H]1CC(=O)O2. The van der Waals surface area contributed by atoms with E-state index in [2.05, 4.69) is 6.07 Å². The smallest absolute Gasteiger partial charge is 0.306 e. The van der Waals surface area contributed by atoms with Crippen LogP contribution in [-0.4, -0.2) is 11.6 Å². The van der Waals surface area contributed by atoms with Gasteiger partial charge in [0, 0.05) is 5.92 Å². The molecule has 0 aromatic carbocycles. The first-order valence-corrected chi connectivity index (χ1v) is 4.63. The summed E-state index contributed by atoms with van der Waals surface area (Å²) in [6.07, 6.45) is 2.09. The van der Waals surface area contributed by atoms with Crippen LogP contribution in [0, 0.1) is 22.7 Å². The number of fused-ring (bicyclic) bond motifs is 1. The molecule has 1 saturated heterocycles. The van der Waals surface area contributed by atoms with Gasteiger partial charge in [-0.25, -0.2) is 0 Å². The number of ether oxygens (including phenoxy) is 1. The molecular weight excluding hydrogens is 166 g/mol. The van der Waals surface area contributed by atoms with Crippen molar-refractivity contribution in [3.63, 3.8) is 0 Å². The Morgan fingerprint density at radius 3 is 2.85 bits per heavy atom. The molecule has 0 spiro atoms. The molecule has 0 N–H and O–H groups in total. The molecule has 3 atom stereocenters. The van der Waals surface area contributed by atoms with E-state index in [4.69, 9.17) is 10.00 Å². The highest BCUT2D eigenvalue weighted by Gasteiger charge is 2.59. The minimum absolute atomic E-state index is 0.0949. The summed E-state index contributed by atoms with van der Waals surface area (Å²) in [6, 6.07) is 2.33. The van der Waals surface area contributed by atoms with Crippen LogP contribution < -0.4 is 0 Å². The molecule has 0 radical (unpaired) electrons. The van der Waals surface area contributed by atoms with Crippen molar-refractivity contribution in [3.05, 3.63) is 0 Å². The van der Waals surface area contributed by atoms with Gasteiger partial charge in [-0.1, -0.05) is 0 Å². The molecule has 0 amide bonds. The van der Waals surface area contributed by atoms with Gasteiger partial charge in [-0.2, -0.15) is 5.26 Å². The third kappa shape index (κ3) is 0.980. The lowest BCUT2D eigenvalue weighted by Crippen LogP contribution is -2.31. The fourth-order valence-electron chi connectivity index (χ4n) is 2.70. The third-order valence-electron chi connectivity index (χ3n) is 3.62. The highest BCUT2D eigenvalue weighted by Crippen LogP contribution is 2.55. The highest BCUT2D eigenvalue weighted by atomic mass is 16.6. The molecule has 1 heterocycles. The van der Waals surface area contributed by atoms with Gasteiger partial charge in [0.25, 0.3) is 0 Å². The van der Waals surface area contributed by atoms with Crippen LogP contribution in [0.1, 0.15) is 33.1 Å². The number of carbonyl (C=O) groups excluding carboxylic acids is 1. The fourth-order valence-corrected chi connectivity index (χ4v) is 2.70. The van der Waals surface area contributed by atoms with Crippen molar-refractivity contribution < 1.29 is 9.53 Å². The van der Waals surface area contributed by atoms with E-state index < -0.39 is 0 Å². The Balaban J connectivity index is 2.35. The van der Waals surface area contributed by atoms with Crippen molar-refractivity contribution in [1.29, 1.82) is 5.26 Å². The molecule has 0 unspecified atom stereocenters. The first-order chi connectivity index (χ1) is 6.00. The van der Waals surface area contributed by atoms with Crippen molar-refractivity contribution in [2.24, 2.45) is 11.3 Å². The van der Waals surface area contributed by atoms with Crippen LogP contribution in [0.15, 0.2) is 0 Å². The first kappa shape index (κ1) is 8.55. The maximum atomic E-state index is 11.1. The van der Waals surface area contributed by atoms with E-state index in [1.54, 1.807) is 0 Å². The lowest BCUT2D eigenvalue weighted by atomic mass is 9.76. The summed E-state index contributed by atoms with van der Waals surface area (Å²) in [7, 11) is 0. The first-order valence-electron chi connectivity index (χ1n) is 4.63. The van der Waals surface area contributed by atoms with E-state index in [0.29, 0.717) is 6.42 Å². The van der Waals surface area contributed by atoms with Gasteiger partial charge < -0.3 is 4.74 Å². The van der Waals surface area contributed by atoms with E-state index in [1.165, 1.54) is 0 Å². The Morgan fingerprint density at radius 1 is 1.54 bits per heavy atom. The lowest BCUT2D eigenvalue weighted by molar-refractivity contribution is -0.147. The molecule has 0 bridgehead atoms. The zero-order valence-electron chi connectivity index (χ0n) is 7.96. The predicted molar refractivity (Wildman–Crippen MR) is 45.6 cm³/mol. The number of hydrogen-bond acceptors (Lipinski definition) is 3. The lowest BCUT2D eigenvalue weighted by Gasteiger charge is -2.26. The average Bonchev–Trinajstić information content (AvgIpc) is 2.49. The van der Waals surface area contributed by atoms with E-state index in [9.17, 15) is 4.79 Å². The summed E-state index contributed by atoms with van der Waals surface area (Å²) in [5, 5.41) is 9.06. The average molecular weight is 179 g/mol. The van der Waals surface area contributed by atoms with Gasteiger partial charge in [-0.3, -0.25) is 4.79 Å². The monoisotopic (exact) mass is 179 g/mol. The van der Waals surface area contributed by atoms with Gasteiger partial charge in [0.2, 0.25) is 0 Å². The summed E-state index contributed by atoms with van der Waals surface area (Å²) in [5.74, 6) is -0.0498. The normalized spacial score (nSPS) is 48.4. The van der Waals surface area contributed by atoms with Crippen LogP contribution in [0.3, 0.4) is 0 Å². The second kappa shape index (κ2) is 2.25. The van der Waals surface area contributed by atoms with Crippen molar-refractivity contribution >= 4 is 5.97 Å². The molecule has 3 heteroatoms. The van der Waals surface area contributed by atoms with Crippen LogP contribution in [0.2, 0.25) is 0 Å². The maximum Gasteiger partial charge on any atom is 0.306 e. The topological polar surface area (TPSA) is 50.1 Å². The predicted octanol–water partition coefficient (Wildman–Crippen LogP) is 1.63. The van der Waals surface area contributed by atoms with E-state index in [-0.39, 0.29) is 22.9 Å². The largest absolute Gasteiger partial charge is 0.459 e. The second-order valence-electron chi connectivity index (χ2n) is 4.57. The second-order valence-corrected chi connectivity index (χ2v) is 4.57. The van der Waals surface area contributed by atoms with Crippen LogP contribution in [0.5, 0.6) is 0 Å². The van der Waals surface area contributed by atoms with Crippen LogP contribution >= 0.6 is 0 Å². The van der Waals surface area contributed by atoms with Crippen LogP contribution in [0.25, 0.3) is 0 Å². The molecule has 0 aromatic heterocycles. The van der Waals surface area contributed by atoms with Gasteiger partial charge in [-0.15, -0.1) is 0 Å². The van der Waals surface area contributed by atoms with Crippen molar-refractivity contribution in [1.82, 2.24) is 0 Å². The summed E-state index contributed by atoms with van der Waals surface area (Å²) in [4.78, 5) is 11.1. The van der Waals surface area contributed by atoms with E-state index in [1.807, 2.05) is 13.8 Å². The van der Waals surface area contributed by atoms with Gasteiger partial charge in [0.1, 0.15) is 5.60 Å². The zero-order chi connectivity index (χ0) is 9.69. The van der Waals surface area contributed by atoms with Crippen LogP contribution in [0.4, 0.5) is 0 Å². The Bertz CT molecular complexity index is 307.